The summed E-state index contributed by atoms with van der Waals surface area (Å²) in [6.07, 6.45) is 0. The Kier molecular flexibility index (Phi) is 2.90. The van der Waals surface area contributed by atoms with Gasteiger partial charge in [-0.05, 0) is 0 Å². The molecular formula is C5H11NOS. The predicted molar refractivity (Wildman–Crippen MR) is 36.6 cm³/mol. The van der Waals surface area contributed by atoms with Gasteiger partial charge in [-0.2, -0.15) is 0 Å². The van der Waals surface area contributed by atoms with Crippen LogP contribution in [0, 0.1) is 5.92 Å². The van der Waals surface area contributed by atoms with Crippen molar-refractivity contribution in [1.82, 2.24) is 4.31 Å². The van der Waals surface area contributed by atoms with Crippen molar-refractivity contribution in [2.45, 2.75) is 13.8 Å². The molecule has 0 aromatic carbocycles. The molecule has 0 aromatic rings. The number of carbonyl (C=O) groups is 1. The average Bonchev–Trinajstić information content (AvgIpc) is 1.64. The molecule has 0 bridgehead atoms. The maximum absolute atomic E-state index is 10.7. The molecule has 0 saturated heterocycles. The SMILES string of the molecule is CC(C)C(=O)N(C)S. The quantitative estimate of drug-likeness (QED) is 0.528. The molecule has 1 amide bonds. The average molecular weight is 133 g/mol. The second kappa shape index (κ2) is 2.97. The third-order valence-corrected chi connectivity index (χ3v) is 1.01. The highest BCUT2D eigenvalue weighted by Gasteiger charge is 2.07. The molecule has 2 nitrogen and oxygen atoms in total. The number of hydrogen-bond acceptors (Lipinski definition) is 2. The summed E-state index contributed by atoms with van der Waals surface area (Å²) < 4.78 is 1.30. The number of hydrogen-bond donors (Lipinski definition) is 1. The van der Waals surface area contributed by atoms with Crippen LogP contribution < -0.4 is 0 Å². The Morgan fingerprint density at radius 2 is 2.00 bits per heavy atom. The molecule has 48 valence electrons. The Labute approximate surface area is 55.4 Å². The summed E-state index contributed by atoms with van der Waals surface area (Å²) in [7, 11) is 1.63. The van der Waals surface area contributed by atoms with Gasteiger partial charge in [0.05, 0.1) is 0 Å². The van der Waals surface area contributed by atoms with Gasteiger partial charge in [-0.15, -0.1) is 0 Å². The topological polar surface area (TPSA) is 20.3 Å². The van der Waals surface area contributed by atoms with Gasteiger partial charge in [-0.1, -0.05) is 26.7 Å². The molecule has 0 atom stereocenters. The highest BCUT2D eigenvalue weighted by molar-refractivity contribution is 7.78. The van der Waals surface area contributed by atoms with E-state index in [9.17, 15) is 4.79 Å². The van der Waals surface area contributed by atoms with E-state index in [4.69, 9.17) is 0 Å². The van der Waals surface area contributed by atoms with Crippen molar-refractivity contribution < 1.29 is 4.79 Å². The molecule has 0 rings (SSSR count). The second-order valence-electron chi connectivity index (χ2n) is 2.02. The molecule has 0 aromatic heterocycles. The maximum atomic E-state index is 10.7. The fraction of sp³-hybridized carbons (Fsp3) is 0.800. The van der Waals surface area contributed by atoms with E-state index >= 15 is 0 Å². The zero-order chi connectivity index (χ0) is 6.73. The van der Waals surface area contributed by atoms with Gasteiger partial charge in [-0.3, -0.25) is 9.10 Å². The van der Waals surface area contributed by atoms with Crippen molar-refractivity contribution >= 4 is 18.7 Å². The molecule has 0 unspecified atom stereocenters. The zero-order valence-electron chi connectivity index (χ0n) is 5.38. The molecule has 0 aliphatic carbocycles. The molecule has 0 saturated carbocycles. The van der Waals surface area contributed by atoms with Crippen LogP contribution in [-0.4, -0.2) is 17.3 Å². The highest BCUT2D eigenvalue weighted by Crippen LogP contribution is 1.99. The van der Waals surface area contributed by atoms with Crippen molar-refractivity contribution in [3.05, 3.63) is 0 Å². The first-order valence-corrected chi connectivity index (χ1v) is 2.92. The van der Waals surface area contributed by atoms with Crippen LogP contribution in [0.1, 0.15) is 13.8 Å². The number of amides is 1. The van der Waals surface area contributed by atoms with Gasteiger partial charge in [0.1, 0.15) is 0 Å². The Morgan fingerprint density at radius 3 is 2.00 bits per heavy atom. The van der Waals surface area contributed by atoms with Gasteiger partial charge in [-0.25, -0.2) is 0 Å². The molecule has 0 fully saturated rings. The summed E-state index contributed by atoms with van der Waals surface area (Å²) in [5, 5.41) is 0. The van der Waals surface area contributed by atoms with Gasteiger partial charge in [0, 0.05) is 13.0 Å². The van der Waals surface area contributed by atoms with Gasteiger partial charge >= 0.3 is 0 Å². The Balaban J connectivity index is 3.65. The lowest BCUT2D eigenvalue weighted by Gasteiger charge is -2.10. The van der Waals surface area contributed by atoms with E-state index in [0.29, 0.717) is 0 Å². The molecule has 0 aliphatic rings. The van der Waals surface area contributed by atoms with E-state index in [1.807, 2.05) is 13.8 Å². The normalized spacial score (nSPS) is 9.62. The fourth-order valence-corrected chi connectivity index (χ4v) is 0.605. The Hall–Kier alpha value is -0.180. The van der Waals surface area contributed by atoms with Crippen LogP contribution in [0.15, 0.2) is 0 Å². The minimum Gasteiger partial charge on any atom is -0.292 e. The lowest BCUT2D eigenvalue weighted by Crippen LogP contribution is -2.21. The van der Waals surface area contributed by atoms with Crippen molar-refractivity contribution in [2.24, 2.45) is 5.92 Å². The summed E-state index contributed by atoms with van der Waals surface area (Å²) >= 11 is 3.82. The molecule has 0 radical (unpaired) electrons. The summed E-state index contributed by atoms with van der Waals surface area (Å²) in [4.78, 5) is 10.7. The van der Waals surface area contributed by atoms with E-state index in [2.05, 4.69) is 12.8 Å². The monoisotopic (exact) mass is 133 g/mol. The lowest BCUT2D eigenvalue weighted by molar-refractivity contribution is -0.128. The minimum absolute atomic E-state index is 0.0494. The summed E-state index contributed by atoms with van der Waals surface area (Å²) in [6, 6.07) is 0. The zero-order valence-corrected chi connectivity index (χ0v) is 6.27. The third-order valence-electron chi connectivity index (χ3n) is 0.813. The van der Waals surface area contributed by atoms with Crippen molar-refractivity contribution in [3.8, 4) is 0 Å². The van der Waals surface area contributed by atoms with Gasteiger partial charge in [0.25, 0.3) is 0 Å². The highest BCUT2D eigenvalue weighted by atomic mass is 32.1. The number of nitrogens with zero attached hydrogens (tertiary/aromatic N) is 1. The Morgan fingerprint density at radius 1 is 1.62 bits per heavy atom. The maximum Gasteiger partial charge on any atom is 0.234 e. The van der Waals surface area contributed by atoms with Gasteiger partial charge < -0.3 is 0 Å². The molecule has 8 heavy (non-hydrogen) atoms. The number of carbonyl (C=O) groups excluding carboxylic acids is 1. The van der Waals surface area contributed by atoms with E-state index in [0.717, 1.165) is 0 Å². The van der Waals surface area contributed by atoms with Crippen LogP contribution in [-0.2, 0) is 4.79 Å². The van der Waals surface area contributed by atoms with Gasteiger partial charge in [0.2, 0.25) is 5.91 Å². The van der Waals surface area contributed by atoms with Crippen molar-refractivity contribution in [2.75, 3.05) is 7.05 Å². The van der Waals surface area contributed by atoms with Crippen LogP contribution in [0.3, 0.4) is 0 Å². The van der Waals surface area contributed by atoms with E-state index in [-0.39, 0.29) is 11.8 Å². The van der Waals surface area contributed by atoms with Crippen LogP contribution in [0.4, 0.5) is 0 Å². The third kappa shape index (κ3) is 2.21. The first kappa shape index (κ1) is 7.82. The summed E-state index contributed by atoms with van der Waals surface area (Å²) in [6.45, 7) is 3.68. The van der Waals surface area contributed by atoms with E-state index in [1.165, 1.54) is 4.31 Å². The second-order valence-corrected chi connectivity index (χ2v) is 2.62. The Bertz CT molecular complexity index is 80.4. The first-order valence-electron chi connectivity index (χ1n) is 2.52. The van der Waals surface area contributed by atoms with Crippen LogP contribution in [0.5, 0.6) is 0 Å². The summed E-state index contributed by atoms with van der Waals surface area (Å²) in [5.74, 6) is 0.103. The van der Waals surface area contributed by atoms with E-state index in [1.54, 1.807) is 7.05 Å². The van der Waals surface area contributed by atoms with Crippen molar-refractivity contribution in [1.29, 1.82) is 0 Å². The fourth-order valence-electron chi connectivity index (χ4n) is 0.374. The lowest BCUT2D eigenvalue weighted by atomic mass is 10.2. The largest absolute Gasteiger partial charge is 0.292 e. The molecule has 0 N–H and O–H groups in total. The molecule has 0 heterocycles. The van der Waals surface area contributed by atoms with Gasteiger partial charge in [0.15, 0.2) is 0 Å². The summed E-state index contributed by atoms with van der Waals surface area (Å²) in [5.41, 5.74) is 0. The standard InChI is InChI=1S/C5H11NOS/c1-4(2)5(7)6(3)8/h4,8H,1-3H3. The van der Waals surface area contributed by atoms with E-state index < -0.39 is 0 Å². The van der Waals surface area contributed by atoms with Crippen LogP contribution >= 0.6 is 12.8 Å². The number of rotatable bonds is 1. The molecule has 3 heteroatoms. The van der Waals surface area contributed by atoms with Crippen LogP contribution in [0.2, 0.25) is 0 Å². The smallest absolute Gasteiger partial charge is 0.234 e. The molecule has 0 aliphatic heterocycles. The molecule has 0 spiro atoms. The predicted octanol–water partition coefficient (Wildman–Crippen LogP) is 0.946. The number of thiol groups is 1. The van der Waals surface area contributed by atoms with Crippen LogP contribution in [0.25, 0.3) is 0 Å². The van der Waals surface area contributed by atoms with Crippen molar-refractivity contribution in [3.63, 3.8) is 0 Å². The molecular weight excluding hydrogens is 122 g/mol. The minimum atomic E-state index is 0.0494. The first-order chi connectivity index (χ1) is 3.55.